The van der Waals surface area contributed by atoms with Gasteiger partial charge in [0.2, 0.25) is 5.91 Å². The van der Waals surface area contributed by atoms with Crippen molar-refractivity contribution >= 4 is 5.91 Å². The van der Waals surface area contributed by atoms with E-state index >= 15 is 0 Å². The van der Waals surface area contributed by atoms with Gasteiger partial charge in [-0.25, -0.2) is 0 Å². The maximum absolute atomic E-state index is 12.3. The molecule has 19 heavy (non-hydrogen) atoms. The summed E-state index contributed by atoms with van der Waals surface area (Å²) in [6.07, 6.45) is 1.58. The number of hydrogen-bond acceptors (Lipinski definition) is 3. The Morgan fingerprint density at radius 3 is 2.74 bits per heavy atom. The Morgan fingerprint density at radius 2 is 2.16 bits per heavy atom. The van der Waals surface area contributed by atoms with Gasteiger partial charge in [0.05, 0.1) is 12.6 Å². The monoisotopic (exact) mass is 264 g/mol. The van der Waals surface area contributed by atoms with Crippen molar-refractivity contribution in [1.29, 1.82) is 0 Å². The van der Waals surface area contributed by atoms with Gasteiger partial charge in [-0.05, 0) is 31.0 Å². The minimum atomic E-state index is -0.789. The number of amides is 1. The highest BCUT2D eigenvalue weighted by Gasteiger charge is 2.29. The second-order valence-corrected chi connectivity index (χ2v) is 5.18. The Balaban J connectivity index is 2.73. The number of nitrogens with zero attached hydrogens (tertiary/aromatic N) is 1. The average molecular weight is 264 g/mol. The molecule has 0 saturated heterocycles. The first-order valence-electron chi connectivity index (χ1n) is 6.58. The van der Waals surface area contributed by atoms with Gasteiger partial charge in [-0.3, -0.25) is 4.79 Å². The van der Waals surface area contributed by atoms with E-state index in [1.807, 2.05) is 31.2 Å². The molecule has 0 bridgehead atoms. The smallest absolute Gasteiger partial charge is 0.242 e. The third-order valence-corrected chi connectivity index (χ3v) is 3.16. The van der Waals surface area contributed by atoms with Crippen LogP contribution in [0.2, 0.25) is 0 Å². The lowest BCUT2D eigenvalue weighted by Gasteiger charge is -2.29. The van der Waals surface area contributed by atoms with Gasteiger partial charge < -0.3 is 15.4 Å². The predicted molar refractivity (Wildman–Crippen MR) is 77.0 cm³/mol. The molecule has 2 N–H and O–H groups in total. The lowest BCUT2D eigenvalue weighted by molar-refractivity contribution is -0.135. The SMILES string of the molecule is CCCC(C)(N)C(=O)N(C)Cc1cccc(OC)c1. The zero-order chi connectivity index (χ0) is 14.5. The van der Waals surface area contributed by atoms with E-state index in [1.54, 1.807) is 26.0 Å². The number of benzene rings is 1. The minimum Gasteiger partial charge on any atom is -0.497 e. The van der Waals surface area contributed by atoms with E-state index < -0.39 is 5.54 Å². The highest BCUT2D eigenvalue weighted by Crippen LogP contribution is 2.17. The van der Waals surface area contributed by atoms with Gasteiger partial charge in [0, 0.05) is 13.6 Å². The third kappa shape index (κ3) is 4.24. The number of nitrogens with two attached hydrogens (primary N) is 1. The third-order valence-electron chi connectivity index (χ3n) is 3.16. The molecule has 4 nitrogen and oxygen atoms in total. The standard InChI is InChI=1S/C15H24N2O2/c1-5-9-15(2,16)14(18)17(3)11-12-7-6-8-13(10-12)19-4/h6-8,10H,5,9,11,16H2,1-4H3. The molecule has 0 aliphatic heterocycles. The molecule has 106 valence electrons. The van der Waals surface area contributed by atoms with Crippen molar-refractivity contribution in [3.63, 3.8) is 0 Å². The van der Waals surface area contributed by atoms with Gasteiger partial charge in [0.15, 0.2) is 0 Å². The Morgan fingerprint density at radius 1 is 1.47 bits per heavy atom. The van der Waals surface area contributed by atoms with Crippen molar-refractivity contribution in [2.24, 2.45) is 5.73 Å². The van der Waals surface area contributed by atoms with Crippen LogP contribution < -0.4 is 10.5 Å². The summed E-state index contributed by atoms with van der Waals surface area (Å²) in [7, 11) is 3.41. The van der Waals surface area contributed by atoms with E-state index in [-0.39, 0.29) is 5.91 Å². The van der Waals surface area contributed by atoms with Crippen LogP contribution in [-0.2, 0) is 11.3 Å². The van der Waals surface area contributed by atoms with Crippen LogP contribution in [0.4, 0.5) is 0 Å². The van der Waals surface area contributed by atoms with Gasteiger partial charge >= 0.3 is 0 Å². The zero-order valence-electron chi connectivity index (χ0n) is 12.3. The van der Waals surface area contributed by atoms with Gasteiger partial charge in [0.25, 0.3) is 0 Å². The van der Waals surface area contributed by atoms with E-state index in [1.165, 1.54) is 0 Å². The van der Waals surface area contributed by atoms with E-state index in [0.29, 0.717) is 13.0 Å². The van der Waals surface area contributed by atoms with Crippen LogP contribution in [0.25, 0.3) is 0 Å². The van der Waals surface area contributed by atoms with Gasteiger partial charge in [-0.2, -0.15) is 0 Å². The molecule has 0 aromatic heterocycles. The molecule has 4 heteroatoms. The molecule has 0 radical (unpaired) electrons. The summed E-state index contributed by atoms with van der Waals surface area (Å²) in [6, 6.07) is 7.70. The van der Waals surface area contributed by atoms with E-state index in [0.717, 1.165) is 17.7 Å². The average Bonchev–Trinajstić information content (AvgIpc) is 2.38. The first-order valence-corrected chi connectivity index (χ1v) is 6.58. The molecule has 0 saturated carbocycles. The topological polar surface area (TPSA) is 55.6 Å². The molecule has 1 aromatic carbocycles. The van der Waals surface area contributed by atoms with Crippen LogP contribution in [0.3, 0.4) is 0 Å². The lowest BCUT2D eigenvalue weighted by atomic mass is 9.96. The largest absolute Gasteiger partial charge is 0.497 e. The highest BCUT2D eigenvalue weighted by molar-refractivity contribution is 5.85. The Kier molecular flexibility index (Phi) is 5.36. The fourth-order valence-corrected chi connectivity index (χ4v) is 2.18. The molecule has 1 atom stereocenters. The molecule has 1 rings (SSSR count). The van der Waals surface area contributed by atoms with E-state index in [2.05, 4.69) is 0 Å². The Labute approximate surface area is 115 Å². The number of carbonyl (C=O) groups is 1. The van der Waals surface area contributed by atoms with Gasteiger partial charge in [-0.1, -0.05) is 25.5 Å². The molecule has 0 aliphatic rings. The summed E-state index contributed by atoms with van der Waals surface area (Å²) in [5, 5.41) is 0. The van der Waals surface area contributed by atoms with Crippen LogP contribution in [0.5, 0.6) is 5.75 Å². The Bertz CT molecular complexity index is 430. The number of rotatable bonds is 6. The fraction of sp³-hybridized carbons (Fsp3) is 0.533. The van der Waals surface area contributed by atoms with E-state index in [9.17, 15) is 4.79 Å². The predicted octanol–water partition coefficient (Wildman–Crippen LogP) is 2.17. The summed E-state index contributed by atoms with van der Waals surface area (Å²) in [5.74, 6) is 0.764. The van der Waals surface area contributed by atoms with Crippen LogP contribution in [-0.4, -0.2) is 30.5 Å². The van der Waals surface area contributed by atoms with Crippen LogP contribution >= 0.6 is 0 Å². The van der Waals surface area contributed by atoms with Crippen LogP contribution in [0.15, 0.2) is 24.3 Å². The molecular weight excluding hydrogens is 240 g/mol. The van der Waals surface area contributed by atoms with Crippen molar-refractivity contribution < 1.29 is 9.53 Å². The summed E-state index contributed by atoms with van der Waals surface area (Å²) < 4.78 is 5.17. The summed E-state index contributed by atoms with van der Waals surface area (Å²) >= 11 is 0. The van der Waals surface area contributed by atoms with Crippen molar-refractivity contribution in [1.82, 2.24) is 4.90 Å². The van der Waals surface area contributed by atoms with Crippen molar-refractivity contribution in [3.8, 4) is 5.75 Å². The molecule has 0 spiro atoms. The van der Waals surface area contributed by atoms with Gasteiger partial charge in [0.1, 0.15) is 5.75 Å². The van der Waals surface area contributed by atoms with Crippen LogP contribution in [0, 0.1) is 0 Å². The first-order chi connectivity index (χ1) is 8.90. The second kappa shape index (κ2) is 6.57. The lowest BCUT2D eigenvalue weighted by Crippen LogP contribution is -2.51. The summed E-state index contributed by atoms with van der Waals surface area (Å²) in [6.45, 7) is 4.36. The summed E-state index contributed by atoms with van der Waals surface area (Å²) in [4.78, 5) is 14.0. The molecule has 0 heterocycles. The maximum atomic E-state index is 12.3. The molecule has 1 aromatic rings. The second-order valence-electron chi connectivity index (χ2n) is 5.18. The molecule has 0 aliphatic carbocycles. The number of likely N-dealkylation sites (N-methyl/N-ethyl adjacent to an activating group) is 1. The maximum Gasteiger partial charge on any atom is 0.242 e. The van der Waals surface area contributed by atoms with Crippen molar-refractivity contribution in [2.45, 2.75) is 38.8 Å². The number of hydrogen-bond donors (Lipinski definition) is 1. The zero-order valence-corrected chi connectivity index (χ0v) is 12.3. The fourth-order valence-electron chi connectivity index (χ4n) is 2.18. The molecule has 0 fully saturated rings. The first kappa shape index (κ1) is 15.5. The Hall–Kier alpha value is -1.55. The van der Waals surface area contributed by atoms with Crippen molar-refractivity contribution in [2.75, 3.05) is 14.2 Å². The van der Waals surface area contributed by atoms with Crippen LogP contribution in [0.1, 0.15) is 32.3 Å². The number of ether oxygens (including phenoxy) is 1. The molecule has 1 amide bonds. The van der Waals surface area contributed by atoms with Gasteiger partial charge in [-0.15, -0.1) is 0 Å². The normalized spacial score (nSPS) is 13.7. The number of carbonyl (C=O) groups excluding carboxylic acids is 1. The highest BCUT2D eigenvalue weighted by atomic mass is 16.5. The van der Waals surface area contributed by atoms with Crippen molar-refractivity contribution in [3.05, 3.63) is 29.8 Å². The van der Waals surface area contributed by atoms with E-state index in [4.69, 9.17) is 10.5 Å². The molecule has 1 unspecified atom stereocenters. The molecular formula is C15H24N2O2. The minimum absolute atomic E-state index is 0.0304. The summed E-state index contributed by atoms with van der Waals surface area (Å²) in [5.41, 5.74) is 6.31. The quantitative estimate of drug-likeness (QED) is 0.856. The number of methoxy groups -OCH3 is 1.